The molecule has 1 aromatic carbocycles. The first-order valence-corrected chi connectivity index (χ1v) is 8.55. The average molecular weight is 320 g/mol. The van der Waals surface area contributed by atoms with Crippen LogP contribution in [0.2, 0.25) is 0 Å². The first kappa shape index (κ1) is 16.2. The molecular weight excluding hydrogens is 295 g/mol. The quantitative estimate of drug-likeness (QED) is 0.836. The molecule has 4 nitrogen and oxygen atoms in total. The van der Waals surface area contributed by atoms with E-state index in [1.165, 1.54) is 18.6 Å². The Kier molecular flexibility index (Phi) is 5.16. The third kappa shape index (κ3) is 3.83. The summed E-state index contributed by atoms with van der Waals surface area (Å²) in [6.07, 6.45) is 4.56. The maximum atomic E-state index is 12.9. The van der Waals surface area contributed by atoms with Crippen LogP contribution in [0.25, 0.3) is 0 Å². The minimum absolute atomic E-state index is 0.196. The van der Waals surface area contributed by atoms with Gasteiger partial charge in [-0.15, -0.1) is 0 Å². The molecule has 0 saturated carbocycles. The summed E-state index contributed by atoms with van der Waals surface area (Å²) in [5.41, 5.74) is 0. The van der Waals surface area contributed by atoms with Crippen LogP contribution in [0.3, 0.4) is 0 Å². The molecule has 2 heterocycles. The number of amides is 1. The van der Waals surface area contributed by atoms with Crippen LogP contribution in [0.15, 0.2) is 24.3 Å². The normalized spacial score (nSPS) is 25.0. The number of ether oxygens (including phenoxy) is 1. The van der Waals surface area contributed by atoms with Gasteiger partial charge in [0.05, 0.1) is 0 Å². The first-order valence-electron chi connectivity index (χ1n) is 8.55. The molecule has 2 aliphatic rings. The molecule has 2 atom stereocenters. The van der Waals surface area contributed by atoms with Gasteiger partial charge in [-0.1, -0.05) is 0 Å². The number of carbonyl (C=O) groups is 1. The minimum atomic E-state index is -0.248. The van der Waals surface area contributed by atoms with E-state index < -0.39 is 0 Å². The summed E-state index contributed by atoms with van der Waals surface area (Å²) in [4.78, 5) is 16.3. The SMILES string of the molecule is CC(=O)N1CCC[C@@H]1[C@H]1CCCN1CCOc1ccc(F)cc1. The average Bonchev–Trinajstić information content (AvgIpc) is 3.17. The standard InChI is InChI=1S/C18H25FN2O2/c1-14(22)21-11-3-5-18(21)17-4-2-10-20(17)12-13-23-16-8-6-15(19)7-9-16/h6-9,17-18H,2-5,10-13H2,1H3/t17-,18-/m1/s1. The summed E-state index contributed by atoms with van der Waals surface area (Å²) in [5.74, 6) is 0.651. The summed E-state index contributed by atoms with van der Waals surface area (Å²) in [7, 11) is 0. The van der Waals surface area contributed by atoms with Crippen molar-refractivity contribution in [3.63, 3.8) is 0 Å². The van der Waals surface area contributed by atoms with E-state index in [4.69, 9.17) is 4.74 Å². The van der Waals surface area contributed by atoms with Crippen LogP contribution >= 0.6 is 0 Å². The monoisotopic (exact) mass is 320 g/mol. The summed E-state index contributed by atoms with van der Waals surface area (Å²) in [6, 6.07) is 6.96. The van der Waals surface area contributed by atoms with Crippen molar-refractivity contribution in [1.29, 1.82) is 0 Å². The lowest BCUT2D eigenvalue weighted by molar-refractivity contribution is -0.130. The molecule has 2 fully saturated rings. The predicted octanol–water partition coefficient (Wildman–Crippen LogP) is 2.68. The molecular formula is C18H25FN2O2. The van der Waals surface area contributed by atoms with Gasteiger partial charge in [-0.3, -0.25) is 9.69 Å². The van der Waals surface area contributed by atoms with Gasteiger partial charge in [-0.05, 0) is 56.5 Å². The number of nitrogens with zero attached hydrogens (tertiary/aromatic N) is 2. The fraction of sp³-hybridized carbons (Fsp3) is 0.611. The Bertz CT molecular complexity index is 534. The second-order valence-electron chi connectivity index (χ2n) is 6.47. The highest BCUT2D eigenvalue weighted by Gasteiger charge is 2.38. The van der Waals surface area contributed by atoms with Crippen molar-refractivity contribution < 1.29 is 13.9 Å². The first-order chi connectivity index (χ1) is 11.1. The van der Waals surface area contributed by atoms with Crippen LogP contribution < -0.4 is 4.74 Å². The van der Waals surface area contributed by atoms with Crippen LogP contribution in [-0.2, 0) is 4.79 Å². The van der Waals surface area contributed by atoms with Gasteiger partial charge in [0.2, 0.25) is 5.91 Å². The Morgan fingerprint density at radius 2 is 1.87 bits per heavy atom. The third-order valence-corrected chi connectivity index (χ3v) is 5.02. The van der Waals surface area contributed by atoms with Crippen molar-refractivity contribution in [2.24, 2.45) is 0 Å². The zero-order chi connectivity index (χ0) is 16.2. The van der Waals surface area contributed by atoms with Gasteiger partial charge < -0.3 is 9.64 Å². The highest BCUT2D eigenvalue weighted by molar-refractivity contribution is 5.74. The van der Waals surface area contributed by atoms with Crippen LogP contribution in [0.4, 0.5) is 4.39 Å². The fourth-order valence-corrected chi connectivity index (χ4v) is 3.96. The summed E-state index contributed by atoms with van der Waals surface area (Å²) < 4.78 is 18.6. The Labute approximate surface area is 137 Å². The molecule has 2 aliphatic heterocycles. The number of halogens is 1. The Hall–Kier alpha value is -1.62. The number of hydrogen-bond acceptors (Lipinski definition) is 3. The van der Waals surface area contributed by atoms with Gasteiger partial charge in [0.25, 0.3) is 0 Å². The lowest BCUT2D eigenvalue weighted by atomic mass is 10.0. The predicted molar refractivity (Wildman–Crippen MR) is 86.9 cm³/mol. The summed E-state index contributed by atoms with van der Waals surface area (Å²) in [5, 5.41) is 0. The van der Waals surface area contributed by atoms with Gasteiger partial charge in [0.1, 0.15) is 18.2 Å². The molecule has 0 radical (unpaired) electrons. The third-order valence-electron chi connectivity index (χ3n) is 5.02. The van der Waals surface area contributed by atoms with Crippen LogP contribution in [0.5, 0.6) is 5.75 Å². The summed E-state index contributed by atoms with van der Waals surface area (Å²) >= 11 is 0. The number of benzene rings is 1. The van der Waals surface area contributed by atoms with E-state index in [0.717, 1.165) is 38.9 Å². The fourth-order valence-electron chi connectivity index (χ4n) is 3.96. The van der Waals surface area contributed by atoms with Crippen molar-refractivity contribution in [3.05, 3.63) is 30.1 Å². The smallest absolute Gasteiger partial charge is 0.219 e. The van der Waals surface area contributed by atoms with Gasteiger partial charge in [0.15, 0.2) is 0 Å². The van der Waals surface area contributed by atoms with Crippen molar-refractivity contribution in [1.82, 2.24) is 9.80 Å². The molecule has 3 rings (SSSR count). The molecule has 2 saturated heterocycles. The number of carbonyl (C=O) groups excluding carboxylic acids is 1. The van der Waals surface area contributed by atoms with Crippen LogP contribution in [0.1, 0.15) is 32.6 Å². The molecule has 23 heavy (non-hydrogen) atoms. The number of hydrogen-bond donors (Lipinski definition) is 0. The molecule has 0 aliphatic carbocycles. The van der Waals surface area contributed by atoms with E-state index in [2.05, 4.69) is 4.90 Å². The van der Waals surface area contributed by atoms with E-state index >= 15 is 0 Å². The highest BCUT2D eigenvalue weighted by Crippen LogP contribution is 2.29. The molecule has 126 valence electrons. The lowest BCUT2D eigenvalue weighted by Crippen LogP contribution is -2.48. The lowest BCUT2D eigenvalue weighted by Gasteiger charge is -2.34. The molecule has 0 aromatic heterocycles. The molecule has 1 amide bonds. The van der Waals surface area contributed by atoms with Gasteiger partial charge in [-0.25, -0.2) is 4.39 Å². The van der Waals surface area contributed by atoms with E-state index in [-0.39, 0.29) is 11.7 Å². The van der Waals surface area contributed by atoms with Crippen molar-refractivity contribution in [2.75, 3.05) is 26.2 Å². The Morgan fingerprint density at radius 1 is 1.17 bits per heavy atom. The molecule has 0 unspecified atom stereocenters. The van der Waals surface area contributed by atoms with Gasteiger partial charge in [0, 0.05) is 32.1 Å². The van der Waals surface area contributed by atoms with Crippen LogP contribution in [-0.4, -0.2) is 54.0 Å². The van der Waals surface area contributed by atoms with E-state index in [1.54, 1.807) is 19.1 Å². The van der Waals surface area contributed by atoms with Crippen LogP contribution in [0, 0.1) is 5.82 Å². The Balaban J connectivity index is 1.53. The van der Waals surface area contributed by atoms with Crippen molar-refractivity contribution in [2.45, 2.75) is 44.7 Å². The van der Waals surface area contributed by atoms with Gasteiger partial charge >= 0.3 is 0 Å². The second-order valence-corrected chi connectivity index (χ2v) is 6.47. The summed E-state index contributed by atoms with van der Waals surface area (Å²) in [6.45, 7) is 5.09. The van der Waals surface area contributed by atoms with Gasteiger partial charge in [-0.2, -0.15) is 0 Å². The maximum Gasteiger partial charge on any atom is 0.219 e. The van der Waals surface area contributed by atoms with Crippen molar-refractivity contribution in [3.8, 4) is 5.75 Å². The molecule has 0 spiro atoms. The molecule has 0 N–H and O–H groups in total. The van der Waals surface area contributed by atoms with Crippen molar-refractivity contribution >= 4 is 5.91 Å². The topological polar surface area (TPSA) is 32.8 Å². The van der Waals surface area contributed by atoms with E-state index in [1.807, 2.05) is 4.90 Å². The van der Waals surface area contributed by atoms with E-state index in [0.29, 0.717) is 24.4 Å². The molecule has 1 aromatic rings. The maximum absolute atomic E-state index is 12.9. The zero-order valence-corrected chi connectivity index (χ0v) is 13.7. The number of rotatable bonds is 5. The number of likely N-dealkylation sites (tertiary alicyclic amines) is 2. The Morgan fingerprint density at radius 3 is 2.61 bits per heavy atom. The zero-order valence-electron chi connectivity index (χ0n) is 13.7. The highest BCUT2D eigenvalue weighted by atomic mass is 19.1. The van der Waals surface area contributed by atoms with E-state index in [9.17, 15) is 9.18 Å². The largest absolute Gasteiger partial charge is 0.492 e. The molecule has 5 heteroatoms. The molecule has 0 bridgehead atoms. The minimum Gasteiger partial charge on any atom is -0.492 e. The second kappa shape index (κ2) is 7.30.